The Bertz CT molecular complexity index is 1470. The van der Waals surface area contributed by atoms with Crippen molar-refractivity contribution in [3.05, 3.63) is 114 Å². The largest absolute Gasteiger partial charge is 0.497 e. The van der Waals surface area contributed by atoms with Gasteiger partial charge in [0.25, 0.3) is 10.0 Å². The summed E-state index contributed by atoms with van der Waals surface area (Å²) in [6, 6.07) is 30.1. The van der Waals surface area contributed by atoms with Gasteiger partial charge in [0, 0.05) is 19.2 Å². The molecular formula is C31H32N2O6S. The van der Waals surface area contributed by atoms with Crippen molar-refractivity contribution in [2.24, 2.45) is 0 Å². The Morgan fingerprint density at radius 1 is 0.675 bits per heavy atom. The van der Waals surface area contributed by atoms with E-state index < -0.39 is 16.6 Å². The number of hydrogen-bond acceptors (Lipinski definition) is 6. The highest BCUT2D eigenvalue weighted by Gasteiger charge is 2.30. The first-order chi connectivity index (χ1) is 19.3. The van der Waals surface area contributed by atoms with Gasteiger partial charge in [-0.1, -0.05) is 60.7 Å². The molecule has 40 heavy (non-hydrogen) atoms. The number of carbonyl (C=O) groups is 1. The van der Waals surface area contributed by atoms with Crippen LogP contribution < -0.4 is 18.5 Å². The molecule has 0 saturated heterocycles. The number of methoxy groups -OCH3 is 3. The number of sulfonamides is 1. The Kier molecular flexibility index (Phi) is 9.29. The van der Waals surface area contributed by atoms with Crippen LogP contribution in [0.3, 0.4) is 0 Å². The van der Waals surface area contributed by atoms with Crippen LogP contribution in [0, 0.1) is 0 Å². The summed E-state index contributed by atoms with van der Waals surface area (Å²) < 4.78 is 45.1. The van der Waals surface area contributed by atoms with Gasteiger partial charge in [-0.2, -0.15) is 0 Å². The van der Waals surface area contributed by atoms with Gasteiger partial charge in [-0.3, -0.25) is 9.10 Å². The lowest BCUT2D eigenvalue weighted by Gasteiger charge is -2.29. The molecule has 0 aliphatic heterocycles. The van der Waals surface area contributed by atoms with Crippen LogP contribution in [0.5, 0.6) is 17.2 Å². The summed E-state index contributed by atoms with van der Waals surface area (Å²) in [6.45, 7) is 0.228. The normalized spacial score (nSPS) is 11.0. The van der Waals surface area contributed by atoms with Gasteiger partial charge < -0.3 is 19.1 Å². The first-order valence-corrected chi connectivity index (χ1v) is 14.0. The Hall–Kier alpha value is -4.50. The topological polar surface area (TPSA) is 85.4 Å². The van der Waals surface area contributed by atoms with E-state index in [2.05, 4.69) is 0 Å². The summed E-state index contributed by atoms with van der Waals surface area (Å²) in [7, 11) is 0.243. The smallest absolute Gasteiger partial charge is 0.264 e. The second-order valence-corrected chi connectivity index (χ2v) is 10.8. The molecule has 0 aliphatic carbocycles. The zero-order valence-corrected chi connectivity index (χ0v) is 23.5. The van der Waals surface area contributed by atoms with Gasteiger partial charge in [-0.15, -0.1) is 0 Å². The van der Waals surface area contributed by atoms with Crippen LogP contribution in [0.2, 0.25) is 0 Å². The van der Waals surface area contributed by atoms with E-state index in [0.29, 0.717) is 30.3 Å². The zero-order chi connectivity index (χ0) is 28.5. The number of benzene rings is 4. The third-order valence-corrected chi connectivity index (χ3v) is 8.14. The zero-order valence-electron chi connectivity index (χ0n) is 22.7. The molecule has 208 valence electrons. The fourth-order valence-electron chi connectivity index (χ4n) is 4.23. The molecule has 0 atom stereocenters. The van der Waals surface area contributed by atoms with Crippen molar-refractivity contribution < 1.29 is 27.4 Å². The monoisotopic (exact) mass is 560 g/mol. The Balaban J connectivity index is 1.73. The number of anilines is 1. The Labute approximate surface area is 235 Å². The van der Waals surface area contributed by atoms with Crippen LogP contribution in [-0.2, 0) is 27.9 Å². The van der Waals surface area contributed by atoms with E-state index in [0.717, 1.165) is 15.4 Å². The second-order valence-electron chi connectivity index (χ2n) is 8.95. The quantitative estimate of drug-likeness (QED) is 0.239. The van der Waals surface area contributed by atoms with Gasteiger partial charge in [0.1, 0.15) is 12.3 Å². The summed E-state index contributed by atoms with van der Waals surface area (Å²) in [5.74, 6) is 0.866. The van der Waals surface area contributed by atoms with Gasteiger partial charge in [0.05, 0.1) is 31.9 Å². The average molecular weight is 561 g/mol. The van der Waals surface area contributed by atoms with Gasteiger partial charge in [0.15, 0.2) is 11.5 Å². The molecule has 0 saturated carbocycles. The summed E-state index contributed by atoms with van der Waals surface area (Å²) in [6.07, 6.45) is 0. The van der Waals surface area contributed by atoms with E-state index >= 15 is 0 Å². The minimum atomic E-state index is -4.20. The predicted octanol–water partition coefficient (Wildman–Crippen LogP) is 5.14. The fourth-order valence-corrected chi connectivity index (χ4v) is 5.66. The van der Waals surface area contributed by atoms with Crippen LogP contribution in [-0.4, -0.2) is 47.1 Å². The van der Waals surface area contributed by atoms with Gasteiger partial charge in [0.2, 0.25) is 5.91 Å². The second kappa shape index (κ2) is 13.0. The number of rotatable bonds is 12. The minimum absolute atomic E-state index is 0.0357. The highest BCUT2D eigenvalue weighted by atomic mass is 32.2. The van der Waals surface area contributed by atoms with Crippen LogP contribution >= 0.6 is 0 Å². The lowest BCUT2D eigenvalue weighted by Crippen LogP contribution is -2.42. The summed E-state index contributed by atoms with van der Waals surface area (Å²) >= 11 is 0. The summed E-state index contributed by atoms with van der Waals surface area (Å²) in [4.78, 5) is 15.5. The molecule has 9 heteroatoms. The van der Waals surface area contributed by atoms with Crippen molar-refractivity contribution in [1.29, 1.82) is 0 Å². The maximum absolute atomic E-state index is 14.1. The van der Waals surface area contributed by atoms with Crippen LogP contribution in [0.25, 0.3) is 0 Å². The molecule has 1 amide bonds. The summed E-state index contributed by atoms with van der Waals surface area (Å²) in [5, 5.41) is 0. The molecule has 4 aromatic carbocycles. The van der Waals surface area contributed by atoms with E-state index in [1.165, 1.54) is 39.5 Å². The molecule has 0 heterocycles. The third-order valence-electron chi connectivity index (χ3n) is 6.37. The third kappa shape index (κ3) is 6.73. The molecule has 0 aromatic heterocycles. The molecule has 0 fully saturated rings. The van der Waals surface area contributed by atoms with Gasteiger partial charge in [-0.25, -0.2) is 8.42 Å². The maximum atomic E-state index is 14.1. The first-order valence-electron chi connectivity index (χ1n) is 12.6. The fraction of sp³-hybridized carbons (Fsp3) is 0.194. The van der Waals surface area contributed by atoms with Crippen molar-refractivity contribution in [2.45, 2.75) is 18.0 Å². The van der Waals surface area contributed by atoms with Crippen LogP contribution in [0.1, 0.15) is 11.1 Å². The Morgan fingerprint density at radius 3 is 1.73 bits per heavy atom. The minimum Gasteiger partial charge on any atom is -0.497 e. The average Bonchev–Trinajstić information content (AvgIpc) is 3.00. The number of amides is 1. The molecule has 0 N–H and O–H groups in total. The van der Waals surface area contributed by atoms with Crippen molar-refractivity contribution in [2.75, 3.05) is 32.2 Å². The molecule has 4 rings (SSSR count). The molecule has 0 radical (unpaired) electrons. The lowest BCUT2D eigenvalue weighted by molar-refractivity contribution is -0.130. The SMILES string of the molecule is COc1ccc(N(CC(=O)N(Cc2ccccc2)Cc2ccccc2)S(=O)(=O)c2ccc(OC)c(OC)c2)cc1. The molecule has 0 aliphatic rings. The standard InChI is InChI=1S/C31H32N2O6S/c1-37-27-16-14-26(15-17-27)33(40(35,36)28-18-19-29(38-2)30(20-28)39-3)23-31(34)32(21-24-10-6-4-7-11-24)22-25-12-8-5-9-13-25/h4-20H,21-23H2,1-3H3. The molecule has 8 nitrogen and oxygen atoms in total. The van der Waals surface area contributed by atoms with Gasteiger partial charge >= 0.3 is 0 Å². The van der Waals surface area contributed by atoms with Crippen molar-refractivity contribution >= 4 is 21.6 Å². The number of nitrogens with zero attached hydrogens (tertiary/aromatic N) is 2. The highest BCUT2D eigenvalue weighted by Crippen LogP contribution is 2.33. The van der Waals surface area contributed by atoms with Gasteiger partial charge in [-0.05, 0) is 47.5 Å². The molecule has 0 bridgehead atoms. The summed E-state index contributed by atoms with van der Waals surface area (Å²) in [5.41, 5.74) is 2.19. The predicted molar refractivity (Wildman–Crippen MR) is 154 cm³/mol. The Morgan fingerprint density at radius 2 is 1.23 bits per heavy atom. The molecule has 0 spiro atoms. The van der Waals surface area contributed by atoms with E-state index in [9.17, 15) is 13.2 Å². The number of ether oxygens (including phenoxy) is 3. The number of carbonyl (C=O) groups excluding carboxylic acids is 1. The van der Waals surface area contributed by atoms with Crippen molar-refractivity contribution in [3.63, 3.8) is 0 Å². The van der Waals surface area contributed by atoms with E-state index in [-0.39, 0.29) is 16.6 Å². The molecular weight excluding hydrogens is 528 g/mol. The van der Waals surface area contributed by atoms with Crippen LogP contribution in [0.15, 0.2) is 108 Å². The molecule has 0 unspecified atom stereocenters. The van der Waals surface area contributed by atoms with Crippen molar-refractivity contribution in [3.8, 4) is 17.2 Å². The number of hydrogen-bond donors (Lipinski definition) is 0. The maximum Gasteiger partial charge on any atom is 0.264 e. The van der Waals surface area contributed by atoms with Crippen LogP contribution in [0.4, 0.5) is 5.69 Å². The van der Waals surface area contributed by atoms with E-state index in [4.69, 9.17) is 14.2 Å². The first kappa shape index (κ1) is 28.5. The highest BCUT2D eigenvalue weighted by molar-refractivity contribution is 7.92. The van der Waals surface area contributed by atoms with E-state index in [1.807, 2.05) is 60.7 Å². The lowest BCUT2D eigenvalue weighted by atomic mass is 10.1. The van der Waals surface area contributed by atoms with Crippen molar-refractivity contribution in [1.82, 2.24) is 4.90 Å². The van der Waals surface area contributed by atoms with E-state index in [1.54, 1.807) is 29.2 Å². The molecule has 4 aromatic rings.